The Morgan fingerprint density at radius 3 is 2.50 bits per heavy atom. The molecule has 4 nitrogen and oxygen atoms in total. The molecule has 1 aliphatic heterocycles. The standard InChI is InChI=1S/C6H9NO3/c1-6(2)3-10-5(9)7-4(6)8/h3H2,1-2H3,(H,7,8,9). The topological polar surface area (TPSA) is 55.4 Å². The predicted molar refractivity (Wildman–Crippen MR) is 33.3 cm³/mol. The first kappa shape index (κ1) is 7.05. The summed E-state index contributed by atoms with van der Waals surface area (Å²) in [7, 11) is 0. The van der Waals surface area contributed by atoms with Crippen LogP contribution < -0.4 is 5.32 Å². The largest absolute Gasteiger partial charge is 0.448 e. The van der Waals surface area contributed by atoms with Crippen LogP contribution in [0.3, 0.4) is 0 Å². The van der Waals surface area contributed by atoms with Crippen LogP contribution in [0.4, 0.5) is 4.79 Å². The number of alkyl carbamates (subject to hydrolysis) is 1. The number of nitrogens with one attached hydrogen (secondary N) is 1. The Morgan fingerprint density at radius 2 is 2.10 bits per heavy atom. The number of cyclic esters (lactones) is 1. The van der Waals surface area contributed by atoms with E-state index in [0.29, 0.717) is 0 Å². The average molecular weight is 143 g/mol. The van der Waals surface area contributed by atoms with Gasteiger partial charge < -0.3 is 4.74 Å². The second kappa shape index (κ2) is 1.97. The van der Waals surface area contributed by atoms with E-state index >= 15 is 0 Å². The van der Waals surface area contributed by atoms with E-state index < -0.39 is 11.5 Å². The Hall–Kier alpha value is -1.06. The minimum atomic E-state index is -0.649. The van der Waals surface area contributed by atoms with Crippen molar-refractivity contribution in [2.45, 2.75) is 13.8 Å². The van der Waals surface area contributed by atoms with Gasteiger partial charge in [0.1, 0.15) is 6.61 Å². The van der Waals surface area contributed by atoms with E-state index in [1.807, 2.05) is 0 Å². The SMILES string of the molecule is CC1(C)COC(=O)NC1=O. The molecule has 1 rings (SSSR count). The van der Waals surface area contributed by atoms with E-state index in [9.17, 15) is 9.59 Å². The highest BCUT2D eigenvalue weighted by Gasteiger charge is 2.35. The van der Waals surface area contributed by atoms with E-state index in [1.165, 1.54) is 0 Å². The first-order chi connectivity index (χ1) is 4.52. The third-order valence-electron chi connectivity index (χ3n) is 1.39. The zero-order valence-electron chi connectivity index (χ0n) is 5.93. The van der Waals surface area contributed by atoms with E-state index in [0.717, 1.165) is 0 Å². The molecule has 0 aromatic carbocycles. The van der Waals surface area contributed by atoms with Crippen molar-refractivity contribution in [1.82, 2.24) is 5.32 Å². The molecule has 0 aliphatic carbocycles. The van der Waals surface area contributed by atoms with Gasteiger partial charge in [0.25, 0.3) is 0 Å². The molecule has 0 unspecified atom stereocenters. The molecule has 0 radical (unpaired) electrons. The maximum Gasteiger partial charge on any atom is 0.413 e. The molecule has 1 aliphatic rings. The molecule has 0 atom stereocenters. The van der Waals surface area contributed by atoms with E-state index in [2.05, 4.69) is 10.1 Å². The van der Waals surface area contributed by atoms with Crippen LogP contribution in [0.5, 0.6) is 0 Å². The van der Waals surface area contributed by atoms with Crippen LogP contribution >= 0.6 is 0 Å². The molecule has 0 saturated carbocycles. The zero-order valence-corrected chi connectivity index (χ0v) is 5.93. The van der Waals surface area contributed by atoms with Gasteiger partial charge in [-0.1, -0.05) is 0 Å². The lowest BCUT2D eigenvalue weighted by molar-refractivity contribution is -0.133. The van der Waals surface area contributed by atoms with E-state index in [4.69, 9.17) is 0 Å². The Bertz CT molecular complexity index is 185. The fourth-order valence-electron chi connectivity index (χ4n) is 0.609. The number of imide groups is 1. The lowest BCUT2D eigenvalue weighted by atomic mass is 9.93. The Kier molecular flexibility index (Phi) is 1.39. The van der Waals surface area contributed by atoms with Crippen molar-refractivity contribution in [3.05, 3.63) is 0 Å². The fraction of sp³-hybridized carbons (Fsp3) is 0.667. The molecule has 2 amide bonds. The molecule has 0 aromatic rings. The van der Waals surface area contributed by atoms with Gasteiger partial charge >= 0.3 is 6.09 Å². The summed E-state index contributed by atoms with van der Waals surface area (Å²) in [5, 5.41) is 2.07. The third kappa shape index (κ3) is 1.10. The number of carbonyl (C=O) groups is 2. The maximum absolute atomic E-state index is 10.9. The summed E-state index contributed by atoms with van der Waals surface area (Å²) >= 11 is 0. The van der Waals surface area contributed by atoms with Gasteiger partial charge in [0.15, 0.2) is 0 Å². The summed E-state index contributed by atoms with van der Waals surface area (Å²) in [6.07, 6.45) is -0.649. The highest BCUT2D eigenvalue weighted by atomic mass is 16.6. The van der Waals surface area contributed by atoms with Crippen molar-refractivity contribution in [1.29, 1.82) is 0 Å². The quantitative estimate of drug-likeness (QED) is 0.529. The van der Waals surface area contributed by atoms with Gasteiger partial charge in [-0.25, -0.2) is 4.79 Å². The normalized spacial score (nSPS) is 23.4. The molecule has 1 fully saturated rings. The van der Waals surface area contributed by atoms with Crippen molar-refractivity contribution < 1.29 is 14.3 Å². The number of carbonyl (C=O) groups excluding carboxylic acids is 2. The zero-order chi connectivity index (χ0) is 7.78. The summed E-state index contributed by atoms with van der Waals surface area (Å²) in [6.45, 7) is 3.60. The smallest absolute Gasteiger partial charge is 0.413 e. The highest BCUT2D eigenvalue weighted by Crippen LogP contribution is 2.18. The second-order valence-electron chi connectivity index (χ2n) is 2.91. The van der Waals surface area contributed by atoms with E-state index in [-0.39, 0.29) is 12.5 Å². The number of rotatable bonds is 0. The molecule has 1 saturated heterocycles. The molecule has 1 heterocycles. The summed E-state index contributed by atoms with van der Waals surface area (Å²) in [5.41, 5.74) is -0.575. The average Bonchev–Trinajstić information content (AvgIpc) is 1.81. The van der Waals surface area contributed by atoms with Crippen LogP contribution in [-0.2, 0) is 9.53 Å². The van der Waals surface area contributed by atoms with Crippen LogP contribution in [0.15, 0.2) is 0 Å². The second-order valence-corrected chi connectivity index (χ2v) is 2.91. The summed E-state index contributed by atoms with van der Waals surface area (Å²) < 4.78 is 4.59. The molecular formula is C6H9NO3. The van der Waals surface area contributed by atoms with Crippen LogP contribution in [0, 0.1) is 5.41 Å². The van der Waals surface area contributed by atoms with E-state index in [1.54, 1.807) is 13.8 Å². The summed E-state index contributed by atoms with van der Waals surface area (Å²) in [6, 6.07) is 0. The van der Waals surface area contributed by atoms with Crippen molar-refractivity contribution in [3.8, 4) is 0 Å². The van der Waals surface area contributed by atoms with Crippen LogP contribution in [0.1, 0.15) is 13.8 Å². The van der Waals surface area contributed by atoms with Crippen LogP contribution in [-0.4, -0.2) is 18.6 Å². The van der Waals surface area contributed by atoms with Crippen molar-refractivity contribution in [3.63, 3.8) is 0 Å². The number of amides is 2. The van der Waals surface area contributed by atoms with Crippen molar-refractivity contribution in [2.24, 2.45) is 5.41 Å². The Labute approximate surface area is 58.5 Å². The van der Waals surface area contributed by atoms with Gasteiger partial charge in [-0.3, -0.25) is 10.1 Å². The van der Waals surface area contributed by atoms with Gasteiger partial charge in [0.05, 0.1) is 5.41 Å². The lowest BCUT2D eigenvalue weighted by Gasteiger charge is -2.26. The first-order valence-corrected chi connectivity index (χ1v) is 3.00. The molecule has 0 spiro atoms. The molecule has 0 bridgehead atoms. The predicted octanol–water partition coefficient (Wildman–Crippen LogP) is 0.279. The fourth-order valence-corrected chi connectivity index (χ4v) is 0.609. The first-order valence-electron chi connectivity index (χ1n) is 3.00. The summed E-state index contributed by atoms with van der Waals surface area (Å²) in [5.74, 6) is -0.274. The van der Waals surface area contributed by atoms with Gasteiger partial charge in [0.2, 0.25) is 5.91 Å². The number of ether oxygens (including phenoxy) is 1. The lowest BCUT2D eigenvalue weighted by Crippen LogP contribution is -2.49. The Morgan fingerprint density at radius 1 is 1.50 bits per heavy atom. The molecule has 4 heteroatoms. The van der Waals surface area contributed by atoms with Gasteiger partial charge in [-0.05, 0) is 13.8 Å². The van der Waals surface area contributed by atoms with Gasteiger partial charge in [0, 0.05) is 0 Å². The van der Waals surface area contributed by atoms with Crippen molar-refractivity contribution in [2.75, 3.05) is 6.61 Å². The highest BCUT2D eigenvalue weighted by molar-refractivity contribution is 5.96. The monoisotopic (exact) mass is 143 g/mol. The maximum atomic E-state index is 10.9. The minimum absolute atomic E-state index is 0.164. The molecule has 1 N–H and O–H groups in total. The molecule has 10 heavy (non-hydrogen) atoms. The minimum Gasteiger partial charge on any atom is -0.448 e. The van der Waals surface area contributed by atoms with Gasteiger partial charge in [-0.2, -0.15) is 0 Å². The van der Waals surface area contributed by atoms with Gasteiger partial charge in [-0.15, -0.1) is 0 Å². The van der Waals surface area contributed by atoms with Crippen LogP contribution in [0.2, 0.25) is 0 Å². The van der Waals surface area contributed by atoms with Crippen LogP contribution in [0.25, 0.3) is 0 Å². The summed E-state index contributed by atoms with van der Waals surface area (Å²) in [4.78, 5) is 21.3. The number of hydrogen-bond donors (Lipinski definition) is 1. The Balaban J connectivity index is 2.70. The molecular weight excluding hydrogens is 134 g/mol. The number of hydrogen-bond acceptors (Lipinski definition) is 3. The molecule has 0 aromatic heterocycles. The van der Waals surface area contributed by atoms with Crippen molar-refractivity contribution >= 4 is 12.0 Å². The molecule has 56 valence electrons. The third-order valence-corrected chi connectivity index (χ3v) is 1.39.